The van der Waals surface area contributed by atoms with Crippen molar-refractivity contribution in [2.75, 3.05) is 6.61 Å². The Bertz CT molecular complexity index is 485. The van der Waals surface area contributed by atoms with Gasteiger partial charge in [-0.2, -0.15) is 0 Å². The van der Waals surface area contributed by atoms with Crippen LogP contribution in [0, 0.1) is 0 Å². The molecule has 0 fully saturated rings. The zero-order valence-electron chi connectivity index (χ0n) is 16.0. The zero-order chi connectivity index (χ0) is 18.2. The molecule has 0 spiro atoms. The summed E-state index contributed by atoms with van der Waals surface area (Å²) in [4.78, 5) is 11.1. The first-order valence-corrected chi connectivity index (χ1v) is 10.0. The SMILES string of the molecule is C=CC(=O)OCCc1cccc[n+]1CCCCCCCCCCCC. The molecule has 25 heavy (non-hydrogen) atoms. The lowest BCUT2D eigenvalue weighted by atomic mass is 10.1. The summed E-state index contributed by atoms with van der Waals surface area (Å²) in [5.74, 6) is -0.350. The van der Waals surface area contributed by atoms with E-state index in [9.17, 15) is 4.79 Å². The van der Waals surface area contributed by atoms with Crippen LogP contribution < -0.4 is 4.57 Å². The second-order valence-corrected chi connectivity index (χ2v) is 6.69. The molecule has 0 aliphatic rings. The Balaban J connectivity index is 2.13. The molecule has 0 saturated carbocycles. The molecule has 1 aromatic heterocycles. The monoisotopic (exact) mass is 346 g/mol. The Labute approximate surface area is 154 Å². The van der Waals surface area contributed by atoms with Gasteiger partial charge in [0.05, 0.1) is 6.42 Å². The van der Waals surface area contributed by atoms with Gasteiger partial charge in [-0.3, -0.25) is 0 Å². The maximum absolute atomic E-state index is 11.1. The Morgan fingerprint density at radius 3 is 2.32 bits per heavy atom. The van der Waals surface area contributed by atoms with E-state index in [1.807, 2.05) is 6.07 Å². The number of nitrogens with zero attached hydrogens (tertiary/aromatic N) is 1. The number of carbonyl (C=O) groups is 1. The van der Waals surface area contributed by atoms with E-state index in [1.54, 1.807) is 0 Å². The second-order valence-electron chi connectivity index (χ2n) is 6.69. The standard InChI is InChI=1S/C22H36NO2/c1-3-5-6-7-8-9-10-11-12-14-18-23-19-15-13-16-21(23)17-20-25-22(24)4-2/h4,13,15-16,19H,2-3,5-12,14,17-18,20H2,1H3/q+1. The number of aromatic nitrogens is 1. The van der Waals surface area contributed by atoms with Crippen molar-refractivity contribution in [1.82, 2.24) is 0 Å². The number of aryl methyl sites for hydroxylation is 1. The maximum Gasteiger partial charge on any atom is 0.330 e. The molecule has 0 aromatic carbocycles. The third kappa shape index (κ3) is 10.8. The van der Waals surface area contributed by atoms with E-state index < -0.39 is 0 Å². The van der Waals surface area contributed by atoms with Crippen LogP contribution in [0.2, 0.25) is 0 Å². The molecule has 0 saturated heterocycles. The quantitative estimate of drug-likeness (QED) is 0.190. The Morgan fingerprint density at radius 1 is 1.04 bits per heavy atom. The summed E-state index contributed by atoms with van der Waals surface area (Å²) in [6, 6.07) is 6.22. The highest BCUT2D eigenvalue weighted by atomic mass is 16.5. The van der Waals surface area contributed by atoms with Crippen LogP contribution in [0.3, 0.4) is 0 Å². The first kappa shape index (κ1) is 21.4. The van der Waals surface area contributed by atoms with Gasteiger partial charge in [0.25, 0.3) is 0 Å². The smallest absolute Gasteiger partial charge is 0.330 e. The van der Waals surface area contributed by atoms with Crippen molar-refractivity contribution in [3.63, 3.8) is 0 Å². The molecule has 0 atom stereocenters. The van der Waals surface area contributed by atoms with Crippen molar-refractivity contribution in [3.05, 3.63) is 42.7 Å². The highest BCUT2D eigenvalue weighted by molar-refractivity contribution is 5.81. The lowest BCUT2D eigenvalue weighted by molar-refractivity contribution is -0.704. The van der Waals surface area contributed by atoms with Crippen molar-refractivity contribution in [2.45, 2.75) is 84.1 Å². The zero-order valence-corrected chi connectivity index (χ0v) is 16.0. The summed E-state index contributed by atoms with van der Waals surface area (Å²) in [5.41, 5.74) is 1.22. The van der Waals surface area contributed by atoms with Gasteiger partial charge in [-0.1, -0.05) is 70.9 Å². The van der Waals surface area contributed by atoms with Crippen LogP contribution in [0.5, 0.6) is 0 Å². The number of hydrogen-bond donors (Lipinski definition) is 0. The Kier molecular flexibility index (Phi) is 12.6. The maximum atomic E-state index is 11.1. The molecule has 0 unspecified atom stereocenters. The summed E-state index contributed by atoms with van der Waals surface area (Å²) in [6.45, 7) is 7.13. The van der Waals surface area contributed by atoms with E-state index in [-0.39, 0.29) is 5.97 Å². The normalized spacial score (nSPS) is 10.6. The molecule has 0 aliphatic carbocycles. The highest BCUT2D eigenvalue weighted by Crippen LogP contribution is 2.10. The van der Waals surface area contributed by atoms with Crippen molar-refractivity contribution in [3.8, 4) is 0 Å². The minimum Gasteiger partial charge on any atom is -0.462 e. The second kappa shape index (κ2) is 14.7. The molecule has 0 bridgehead atoms. The van der Waals surface area contributed by atoms with Crippen LogP contribution in [0.15, 0.2) is 37.1 Å². The molecule has 1 heterocycles. The number of ether oxygens (including phenoxy) is 1. The fourth-order valence-electron chi connectivity index (χ4n) is 3.04. The van der Waals surface area contributed by atoms with Gasteiger partial charge in [-0.25, -0.2) is 9.36 Å². The molecule has 1 aromatic rings. The molecular weight excluding hydrogens is 310 g/mol. The number of hydrogen-bond acceptors (Lipinski definition) is 2. The third-order valence-corrected chi connectivity index (χ3v) is 4.56. The lowest BCUT2D eigenvalue weighted by Crippen LogP contribution is -2.38. The Hall–Kier alpha value is -1.64. The van der Waals surface area contributed by atoms with Gasteiger partial charge >= 0.3 is 5.97 Å². The van der Waals surface area contributed by atoms with Gasteiger partial charge in [0.2, 0.25) is 0 Å². The van der Waals surface area contributed by atoms with Gasteiger partial charge in [0.1, 0.15) is 13.2 Å². The first-order chi connectivity index (χ1) is 12.3. The van der Waals surface area contributed by atoms with Crippen molar-refractivity contribution in [2.24, 2.45) is 0 Å². The van der Waals surface area contributed by atoms with E-state index in [0.717, 1.165) is 13.0 Å². The van der Waals surface area contributed by atoms with E-state index in [2.05, 4.69) is 36.4 Å². The van der Waals surface area contributed by atoms with Gasteiger partial charge in [-0.05, 0) is 6.42 Å². The average molecular weight is 347 g/mol. The number of esters is 1. The molecule has 1 rings (SSSR count). The van der Waals surface area contributed by atoms with E-state index >= 15 is 0 Å². The Morgan fingerprint density at radius 2 is 1.68 bits per heavy atom. The summed E-state index contributed by atoms with van der Waals surface area (Å²) in [5, 5.41) is 0. The average Bonchev–Trinajstić information content (AvgIpc) is 2.64. The van der Waals surface area contributed by atoms with Crippen LogP contribution in [0.1, 0.15) is 76.8 Å². The fourth-order valence-corrected chi connectivity index (χ4v) is 3.04. The van der Waals surface area contributed by atoms with Gasteiger partial charge in [0.15, 0.2) is 11.9 Å². The van der Waals surface area contributed by atoms with Crippen molar-refractivity contribution in [1.29, 1.82) is 0 Å². The first-order valence-electron chi connectivity index (χ1n) is 10.0. The van der Waals surface area contributed by atoms with Crippen LogP contribution >= 0.6 is 0 Å². The van der Waals surface area contributed by atoms with Crippen LogP contribution in [-0.4, -0.2) is 12.6 Å². The van der Waals surface area contributed by atoms with Crippen LogP contribution in [0.25, 0.3) is 0 Å². The predicted octanol–water partition coefficient (Wildman–Crippen LogP) is 5.17. The molecule has 3 nitrogen and oxygen atoms in total. The lowest BCUT2D eigenvalue weighted by Gasteiger charge is -2.05. The van der Waals surface area contributed by atoms with Gasteiger partial charge in [-0.15, -0.1) is 0 Å². The number of unbranched alkanes of at least 4 members (excludes halogenated alkanes) is 9. The van der Waals surface area contributed by atoms with Crippen LogP contribution in [0.4, 0.5) is 0 Å². The largest absolute Gasteiger partial charge is 0.462 e. The molecule has 0 N–H and O–H groups in total. The predicted molar refractivity (Wildman–Crippen MR) is 103 cm³/mol. The third-order valence-electron chi connectivity index (χ3n) is 4.56. The minimum atomic E-state index is -0.350. The topological polar surface area (TPSA) is 30.2 Å². The van der Waals surface area contributed by atoms with E-state index in [4.69, 9.17) is 4.74 Å². The fraction of sp³-hybridized carbons (Fsp3) is 0.636. The van der Waals surface area contributed by atoms with Crippen LogP contribution in [-0.2, 0) is 22.5 Å². The molecule has 0 radical (unpaired) electrons. The molecule has 140 valence electrons. The number of carbonyl (C=O) groups excluding carboxylic acids is 1. The van der Waals surface area contributed by atoms with E-state index in [0.29, 0.717) is 6.61 Å². The molecule has 3 heteroatoms. The van der Waals surface area contributed by atoms with Crippen molar-refractivity contribution < 1.29 is 14.1 Å². The summed E-state index contributed by atoms with van der Waals surface area (Å²) in [7, 11) is 0. The van der Waals surface area contributed by atoms with Crippen molar-refractivity contribution >= 4 is 5.97 Å². The summed E-state index contributed by atoms with van der Waals surface area (Å²) >= 11 is 0. The van der Waals surface area contributed by atoms with Gasteiger partial charge in [0, 0.05) is 24.6 Å². The summed E-state index contributed by atoms with van der Waals surface area (Å²) in [6.07, 6.45) is 17.6. The minimum absolute atomic E-state index is 0.350. The number of pyridine rings is 1. The highest BCUT2D eigenvalue weighted by Gasteiger charge is 2.09. The van der Waals surface area contributed by atoms with Gasteiger partial charge < -0.3 is 4.74 Å². The number of rotatable bonds is 15. The summed E-state index contributed by atoms with van der Waals surface area (Å²) < 4.78 is 7.37. The molecule has 0 aliphatic heterocycles. The molecule has 0 amide bonds. The molecular formula is C22H36NO2+. The van der Waals surface area contributed by atoms with E-state index in [1.165, 1.54) is 76.0 Å².